The average Bonchev–Trinajstić information content (AvgIpc) is 3.46. The number of rotatable bonds is 9. The van der Waals surface area contributed by atoms with E-state index in [2.05, 4.69) is 29.1 Å². The lowest BCUT2D eigenvalue weighted by molar-refractivity contribution is 0.0125. The van der Waals surface area contributed by atoms with Crippen molar-refractivity contribution in [3.63, 3.8) is 0 Å². The summed E-state index contributed by atoms with van der Waals surface area (Å²) < 4.78 is 19.4. The van der Waals surface area contributed by atoms with Crippen molar-refractivity contribution in [3.05, 3.63) is 88.1 Å². The van der Waals surface area contributed by atoms with Crippen molar-refractivity contribution in [1.82, 2.24) is 19.7 Å². The van der Waals surface area contributed by atoms with E-state index < -0.39 is 5.97 Å². The number of hydrogen-bond donors (Lipinski definition) is 1. The minimum absolute atomic E-state index is 0.00948. The summed E-state index contributed by atoms with van der Waals surface area (Å²) in [5.74, 6) is 0.275. The molecule has 2 aliphatic heterocycles. The van der Waals surface area contributed by atoms with Gasteiger partial charge in [0.1, 0.15) is 17.9 Å². The number of aromatic nitrogens is 3. The second kappa shape index (κ2) is 12.6. The molecular formula is C34H38N4O5. The van der Waals surface area contributed by atoms with Crippen LogP contribution in [-0.4, -0.2) is 63.1 Å². The Hall–Kier alpha value is -4.21. The number of para-hydroxylation sites is 1. The molecule has 1 N–H and O–H groups in total. The van der Waals surface area contributed by atoms with Gasteiger partial charge in [-0.3, -0.25) is 4.90 Å². The summed E-state index contributed by atoms with van der Waals surface area (Å²) in [6.07, 6.45) is 4.69. The van der Waals surface area contributed by atoms with Crippen molar-refractivity contribution < 1.29 is 24.1 Å². The maximum Gasteiger partial charge on any atom is 0.342 e. The monoisotopic (exact) mass is 582 g/mol. The van der Waals surface area contributed by atoms with Gasteiger partial charge < -0.3 is 19.3 Å². The van der Waals surface area contributed by atoms with Crippen molar-refractivity contribution >= 4 is 5.97 Å². The summed E-state index contributed by atoms with van der Waals surface area (Å²) in [6, 6.07) is 16.6. The van der Waals surface area contributed by atoms with Crippen LogP contribution in [0.15, 0.2) is 54.7 Å². The van der Waals surface area contributed by atoms with E-state index in [-0.39, 0.29) is 11.4 Å². The maximum absolute atomic E-state index is 11.7. The van der Waals surface area contributed by atoms with Gasteiger partial charge in [0.05, 0.1) is 25.1 Å². The number of ether oxygens (including phenoxy) is 3. The van der Waals surface area contributed by atoms with Crippen LogP contribution in [0.1, 0.15) is 57.9 Å². The first kappa shape index (κ1) is 28.9. The van der Waals surface area contributed by atoms with E-state index in [1.807, 2.05) is 37.3 Å². The zero-order chi connectivity index (χ0) is 29.9. The summed E-state index contributed by atoms with van der Waals surface area (Å²) in [5.41, 5.74) is 7.89. The van der Waals surface area contributed by atoms with Gasteiger partial charge in [-0.2, -0.15) is 9.78 Å². The number of carboxylic acids is 1. The van der Waals surface area contributed by atoms with Gasteiger partial charge in [0.2, 0.25) is 5.88 Å². The lowest BCUT2D eigenvalue weighted by Crippen LogP contribution is -2.44. The van der Waals surface area contributed by atoms with Crippen molar-refractivity contribution in [2.24, 2.45) is 0 Å². The second-order valence-corrected chi connectivity index (χ2v) is 11.2. The molecule has 0 amide bonds. The molecule has 9 nitrogen and oxygen atoms in total. The Morgan fingerprint density at radius 2 is 1.98 bits per heavy atom. The van der Waals surface area contributed by atoms with E-state index in [1.165, 1.54) is 39.6 Å². The molecule has 6 rings (SSSR count). The second-order valence-electron chi connectivity index (χ2n) is 11.2. The molecule has 224 valence electrons. The fourth-order valence-corrected chi connectivity index (χ4v) is 6.20. The Balaban J connectivity index is 1.24. The minimum Gasteiger partial charge on any atom is -0.488 e. The number of aromatic carboxylic acids is 1. The lowest BCUT2D eigenvalue weighted by Gasteiger charge is -2.38. The van der Waals surface area contributed by atoms with Crippen LogP contribution in [0.25, 0.3) is 17.1 Å². The molecule has 0 unspecified atom stereocenters. The van der Waals surface area contributed by atoms with E-state index in [9.17, 15) is 9.90 Å². The average molecular weight is 583 g/mol. The van der Waals surface area contributed by atoms with Crippen LogP contribution in [0.2, 0.25) is 0 Å². The van der Waals surface area contributed by atoms with Gasteiger partial charge in [0.25, 0.3) is 0 Å². The van der Waals surface area contributed by atoms with Crippen LogP contribution in [0.4, 0.5) is 0 Å². The quantitative estimate of drug-likeness (QED) is 0.266. The fourth-order valence-electron chi connectivity index (χ4n) is 6.20. The summed E-state index contributed by atoms with van der Waals surface area (Å²) in [4.78, 5) is 19.1. The Labute approximate surface area is 252 Å². The van der Waals surface area contributed by atoms with Crippen LogP contribution in [0.5, 0.6) is 11.6 Å². The highest BCUT2D eigenvalue weighted by Crippen LogP contribution is 2.35. The normalized spacial score (nSPS) is 17.0. The van der Waals surface area contributed by atoms with E-state index in [0.29, 0.717) is 30.8 Å². The van der Waals surface area contributed by atoms with E-state index in [1.54, 1.807) is 13.0 Å². The fraction of sp³-hybridized carbons (Fsp3) is 0.382. The Bertz CT molecular complexity index is 1630. The highest BCUT2D eigenvalue weighted by atomic mass is 16.5. The third kappa shape index (κ3) is 5.87. The third-order valence-corrected chi connectivity index (χ3v) is 8.53. The Morgan fingerprint density at radius 3 is 2.77 bits per heavy atom. The Kier molecular flexibility index (Phi) is 8.44. The number of benzene rings is 2. The topological polar surface area (TPSA) is 98.9 Å². The molecule has 1 atom stereocenters. The molecule has 9 heteroatoms. The minimum atomic E-state index is -1.10. The molecule has 0 saturated carbocycles. The highest BCUT2D eigenvalue weighted by molar-refractivity contribution is 5.90. The number of nitrogens with zero attached hydrogens (tertiary/aromatic N) is 4. The molecule has 4 heterocycles. The molecular weight excluding hydrogens is 544 g/mol. The molecule has 1 fully saturated rings. The first-order chi connectivity index (χ1) is 20.9. The first-order valence-electron chi connectivity index (χ1n) is 15.0. The van der Waals surface area contributed by atoms with Crippen LogP contribution in [0.3, 0.4) is 0 Å². The lowest BCUT2D eigenvalue weighted by atomic mass is 9.91. The van der Waals surface area contributed by atoms with Gasteiger partial charge in [-0.15, -0.1) is 0 Å². The molecule has 0 spiro atoms. The van der Waals surface area contributed by atoms with Gasteiger partial charge in [0, 0.05) is 31.3 Å². The first-order valence-corrected chi connectivity index (χ1v) is 15.0. The van der Waals surface area contributed by atoms with Crippen LogP contribution in [-0.2, 0) is 24.3 Å². The van der Waals surface area contributed by atoms with Crippen molar-refractivity contribution in [3.8, 4) is 28.7 Å². The van der Waals surface area contributed by atoms with E-state index in [0.717, 1.165) is 56.0 Å². The van der Waals surface area contributed by atoms with Crippen LogP contribution >= 0.6 is 0 Å². The van der Waals surface area contributed by atoms with E-state index in [4.69, 9.17) is 19.2 Å². The number of pyridine rings is 1. The maximum atomic E-state index is 11.7. The SMILES string of the molecule is CCOc1c(C(=O)O)cnn1-c1cccc(-c2cccc(C)c2OCc2ccc3c(c2C)CCN([C@@H]2CCCOC2)C3)n1. The van der Waals surface area contributed by atoms with Gasteiger partial charge in [-0.1, -0.05) is 30.3 Å². The zero-order valence-corrected chi connectivity index (χ0v) is 25.0. The van der Waals surface area contributed by atoms with Crippen molar-refractivity contribution in [2.45, 2.75) is 59.2 Å². The standard InChI is InChI=1S/C34H38N4O5/c1-4-42-33-29(34(39)40)18-35-38(33)31-12-6-11-30(36-31)28-10-5-8-22(2)32(28)43-20-25-14-13-24-19-37(16-15-27(24)23(25)3)26-9-7-17-41-21-26/h5-6,8,10-14,18,26H,4,7,9,15-17,19-21H2,1-3H3,(H,39,40)/t26-/m1/s1. The largest absolute Gasteiger partial charge is 0.488 e. The molecule has 0 aliphatic carbocycles. The summed E-state index contributed by atoms with van der Waals surface area (Å²) in [7, 11) is 0. The van der Waals surface area contributed by atoms with Crippen LogP contribution in [0, 0.1) is 13.8 Å². The van der Waals surface area contributed by atoms with Crippen LogP contribution < -0.4 is 9.47 Å². The smallest absolute Gasteiger partial charge is 0.342 e. The van der Waals surface area contributed by atoms with E-state index >= 15 is 0 Å². The van der Waals surface area contributed by atoms with Gasteiger partial charge >= 0.3 is 5.97 Å². The number of aryl methyl sites for hydroxylation is 1. The predicted molar refractivity (Wildman–Crippen MR) is 163 cm³/mol. The number of hydrogen-bond acceptors (Lipinski definition) is 7. The van der Waals surface area contributed by atoms with Gasteiger partial charge in [-0.05, 0) is 86.1 Å². The highest BCUT2D eigenvalue weighted by Gasteiger charge is 2.27. The summed E-state index contributed by atoms with van der Waals surface area (Å²) in [6.45, 7) is 10.6. The van der Waals surface area contributed by atoms with Crippen molar-refractivity contribution in [1.29, 1.82) is 0 Å². The van der Waals surface area contributed by atoms with Gasteiger partial charge in [0.15, 0.2) is 5.82 Å². The molecule has 2 aromatic carbocycles. The molecule has 43 heavy (non-hydrogen) atoms. The molecule has 2 aliphatic rings. The number of carbonyl (C=O) groups is 1. The molecule has 0 bridgehead atoms. The summed E-state index contributed by atoms with van der Waals surface area (Å²) >= 11 is 0. The molecule has 4 aromatic rings. The zero-order valence-electron chi connectivity index (χ0n) is 25.0. The number of fused-ring (bicyclic) bond motifs is 1. The Morgan fingerprint density at radius 1 is 1.12 bits per heavy atom. The molecule has 0 radical (unpaired) electrons. The van der Waals surface area contributed by atoms with Gasteiger partial charge in [-0.25, -0.2) is 9.78 Å². The summed E-state index contributed by atoms with van der Waals surface area (Å²) in [5, 5.41) is 13.8. The predicted octanol–water partition coefficient (Wildman–Crippen LogP) is 5.76. The third-order valence-electron chi connectivity index (χ3n) is 8.53. The van der Waals surface area contributed by atoms with Crippen molar-refractivity contribution in [2.75, 3.05) is 26.4 Å². The molecule has 2 aromatic heterocycles. The number of carboxylic acid groups (broad SMARTS) is 1. The molecule has 1 saturated heterocycles.